The number of rotatable bonds is 8. The van der Waals surface area contributed by atoms with E-state index < -0.39 is 27.5 Å². The van der Waals surface area contributed by atoms with Crippen LogP contribution in [0.15, 0.2) is 58.4 Å². The molecule has 166 valence electrons. The Morgan fingerprint density at radius 2 is 1.73 bits per heavy atom. The first kappa shape index (κ1) is 26.3. The van der Waals surface area contributed by atoms with E-state index in [1.165, 1.54) is 12.1 Å². The van der Waals surface area contributed by atoms with Crippen LogP contribution >= 0.6 is 24.0 Å². The van der Waals surface area contributed by atoms with Crippen molar-refractivity contribution in [2.45, 2.75) is 44.2 Å². The Labute approximate surface area is 194 Å². The van der Waals surface area contributed by atoms with Crippen LogP contribution < -0.4 is 10.6 Å². The van der Waals surface area contributed by atoms with E-state index in [0.29, 0.717) is 24.5 Å². The maximum atomic E-state index is 14.1. The summed E-state index contributed by atoms with van der Waals surface area (Å²) in [5.41, 5.74) is 0.293. The summed E-state index contributed by atoms with van der Waals surface area (Å²) >= 11 is 0. The molecule has 0 aromatic heterocycles. The van der Waals surface area contributed by atoms with Gasteiger partial charge in [0, 0.05) is 24.2 Å². The van der Waals surface area contributed by atoms with Crippen LogP contribution in [0.2, 0.25) is 0 Å². The summed E-state index contributed by atoms with van der Waals surface area (Å²) < 4.78 is 52.6. The molecule has 5 nitrogen and oxygen atoms in total. The third-order valence-corrected chi connectivity index (χ3v) is 6.29. The van der Waals surface area contributed by atoms with Crippen LogP contribution in [0.1, 0.15) is 38.8 Å². The summed E-state index contributed by atoms with van der Waals surface area (Å²) in [6.07, 6.45) is 0.551. The Balaban J connectivity index is 0.00000450. The third kappa shape index (κ3) is 7.50. The van der Waals surface area contributed by atoms with Crippen LogP contribution in [0.5, 0.6) is 0 Å². The van der Waals surface area contributed by atoms with Crippen molar-refractivity contribution in [2.75, 3.05) is 12.3 Å². The van der Waals surface area contributed by atoms with Gasteiger partial charge in [0.25, 0.3) is 0 Å². The quantitative estimate of drug-likeness (QED) is 0.289. The van der Waals surface area contributed by atoms with E-state index in [2.05, 4.69) is 15.6 Å². The van der Waals surface area contributed by atoms with E-state index in [1.54, 1.807) is 37.3 Å². The summed E-state index contributed by atoms with van der Waals surface area (Å²) in [6.45, 7) is 5.90. The third-order valence-electron chi connectivity index (χ3n) is 4.46. The molecule has 0 heterocycles. The van der Waals surface area contributed by atoms with Gasteiger partial charge in [0.15, 0.2) is 15.8 Å². The minimum absolute atomic E-state index is 0. The van der Waals surface area contributed by atoms with E-state index in [0.717, 1.165) is 6.07 Å². The molecule has 0 fully saturated rings. The summed E-state index contributed by atoms with van der Waals surface area (Å²) in [7, 11) is -3.47. The summed E-state index contributed by atoms with van der Waals surface area (Å²) in [6, 6.07) is 10.8. The Hall–Kier alpha value is -1.75. The average molecular weight is 551 g/mol. The molecule has 9 heteroatoms. The van der Waals surface area contributed by atoms with Crippen molar-refractivity contribution in [3.8, 4) is 0 Å². The Bertz CT molecular complexity index is 941. The second-order valence-electron chi connectivity index (χ2n) is 6.70. The fourth-order valence-electron chi connectivity index (χ4n) is 2.87. The number of aliphatic imine (C=N–C) groups is 1. The SMILES string of the molecule is CCN=C(NC(CC)CS(=O)(=O)c1ccccc1)NC(C)c1ccc(F)cc1F.I. The smallest absolute Gasteiger partial charge is 0.191 e. The van der Waals surface area contributed by atoms with Crippen LogP contribution in [0.4, 0.5) is 8.78 Å². The number of benzene rings is 2. The zero-order chi connectivity index (χ0) is 21.4. The number of nitrogens with zero attached hydrogens (tertiary/aromatic N) is 1. The van der Waals surface area contributed by atoms with Crippen molar-refractivity contribution in [1.82, 2.24) is 10.6 Å². The maximum Gasteiger partial charge on any atom is 0.191 e. The highest BCUT2D eigenvalue weighted by atomic mass is 127. The summed E-state index contributed by atoms with van der Waals surface area (Å²) in [4.78, 5) is 4.60. The molecule has 0 bridgehead atoms. The molecular weight excluding hydrogens is 523 g/mol. The number of hydrogen-bond donors (Lipinski definition) is 2. The molecule has 2 N–H and O–H groups in total. The lowest BCUT2D eigenvalue weighted by atomic mass is 10.1. The van der Waals surface area contributed by atoms with Crippen molar-refractivity contribution in [2.24, 2.45) is 4.99 Å². The van der Waals surface area contributed by atoms with Gasteiger partial charge in [-0.3, -0.25) is 4.99 Å². The molecule has 2 atom stereocenters. The van der Waals surface area contributed by atoms with Crippen LogP contribution in [0, 0.1) is 11.6 Å². The van der Waals surface area contributed by atoms with Gasteiger partial charge in [0.05, 0.1) is 16.7 Å². The highest BCUT2D eigenvalue weighted by molar-refractivity contribution is 14.0. The van der Waals surface area contributed by atoms with Gasteiger partial charge in [-0.25, -0.2) is 17.2 Å². The first-order valence-electron chi connectivity index (χ1n) is 9.57. The molecule has 0 radical (unpaired) electrons. The van der Waals surface area contributed by atoms with Gasteiger partial charge in [0.2, 0.25) is 0 Å². The van der Waals surface area contributed by atoms with Gasteiger partial charge in [-0.05, 0) is 38.5 Å². The van der Waals surface area contributed by atoms with Gasteiger partial charge in [0.1, 0.15) is 11.6 Å². The molecule has 0 aliphatic rings. The molecule has 30 heavy (non-hydrogen) atoms. The van der Waals surface area contributed by atoms with Gasteiger partial charge in [-0.15, -0.1) is 24.0 Å². The number of sulfone groups is 1. The molecule has 2 unspecified atom stereocenters. The fraction of sp³-hybridized carbons (Fsp3) is 0.381. The lowest BCUT2D eigenvalue weighted by molar-refractivity contribution is 0.543. The predicted molar refractivity (Wildman–Crippen MR) is 127 cm³/mol. The van der Waals surface area contributed by atoms with Gasteiger partial charge in [-0.1, -0.05) is 31.2 Å². The Morgan fingerprint density at radius 3 is 2.30 bits per heavy atom. The number of nitrogens with one attached hydrogen (secondary N) is 2. The second-order valence-corrected chi connectivity index (χ2v) is 8.73. The van der Waals surface area contributed by atoms with E-state index in [1.807, 2.05) is 13.8 Å². The van der Waals surface area contributed by atoms with E-state index in [9.17, 15) is 17.2 Å². The van der Waals surface area contributed by atoms with Gasteiger partial charge >= 0.3 is 0 Å². The molecule has 0 saturated heterocycles. The van der Waals surface area contributed by atoms with E-state index >= 15 is 0 Å². The molecule has 2 aromatic carbocycles. The number of hydrogen-bond acceptors (Lipinski definition) is 3. The van der Waals surface area contributed by atoms with Crippen molar-refractivity contribution in [3.63, 3.8) is 0 Å². The normalized spacial score (nSPS) is 13.8. The molecule has 2 aromatic rings. The molecule has 2 rings (SSSR count). The zero-order valence-electron chi connectivity index (χ0n) is 17.2. The maximum absolute atomic E-state index is 14.1. The molecular formula is C21H28F2IN3O2S. The first-order valence-corrected chi connectivity index (χ1v) is 11.2. The lowest BCUT2D eigenvalue weighted by Gasteiger charge is -2.23. The minimum atomic E-state index is -3.47. The minimum Gasteiger partial charge on any atom is -0.353 e. The summed E-state index contributed by atoms with van der Waals surface area (Å²) in [5.74, 6) is -1.02. The van der Waals surface area contributed by atoms with Crippen LogP contribution in [0.25, 0.3) is 0 Å². The second kappa shape index (κ2) is 12.2. The molecule has 0 aliphatic heterocycles. The van der Waals surface area contributed by atoms with Crippen LogP contribution in [0.3, 0.4) is 0 Å². The van der Waals surface area contributed by atoms with E-state index in [-0.39, 0.29) is 40.7 Å². The number of halogens is 3. The Morgan fingerprint density at radius 1 is 1.07 bits per heavy atom. The largest absolute Gasteiger partial charge is 0.353 e. The standard InChI is InChI=1S/C21H27F2N3O2S.HI/c1-4-17(14-29(27,28)18-9-7-6-8-10-18)26-21(24-5-2)25-15(3)19-12-11-16(22)13-20(19)23;/h6-13,15,17H,4-5,14H2,1-3H3,(H2,24,25,26);1H. The molecule has 0 saturated carbocycles. The highest BCUT2D eigenvalue weighted by Crippen LogP contribution is 2.18. The highest BCUT2D eigenvalue weighted by Gasteiger charge is 2.22. The van der Waals surface area contributed by atoms with Crippen molar-refractivity contribution in [1.29, 1.82) is 0 Å². The van der Waals surface area contributed by atoms with Gasteiger partial charge < -0.3 is 10.6 Å². The average Bonchev–Trinajstić information content (AvgIpc) is 2.68. The monoisotopic (exact) mass is 551 g/mol. The topological polar surface area (TPSA) is 70.6 Å². The predicted octanol–water partition coefficient (Wildman–Crippen LogP) is 4.45. The molecule has 0 aliphatic carbocycles. The fourth-order valence-corrected chi connectivity index (χ4v) is 4.48. The van der Waals surface area contributed by atoms with Gasteiger partial charge in [-0.2, -0.15) is 0 Å². The molecule has 0 spiro atoms. The van der Waals surface area contributed by atoms with Crippen molar-refractivity contribution < 1.29 is 17.2 Å². The lowest BCUT2D eigenvalue weighted by Crippen LogP contribution is -2.47. The first-order chi connectivity index (χ1) is 13.8. The Kier molecular flexibility index (Phi) is 10.7. The van der Waals surface area contributed by atoms with Crippen LogP contribution in [-0.4, -0.2) is 32.7 Å². The zero-order valence-corrected chi connectivity index (χ0v) is 20.4. The molecule has 0 amide bonds. The van der Waals surface area contributed by atoms with Crippen LogP contribution in [-0.2, 0) is 9.84 Å². The van der Waals surface area contributed by atoms with E-state index in [4.69, 9.17) is 0 Å². The van der Waals surface area contributed by atoms with Crippen molar-refractivity contribution >= 4 is 39.8 Å². The van der Waals surface area contributed by atoms with Crippen molar-refractivity contribution in [3.05, 3.63) is 65.7 Å². The number of guanidine groups is 1. The summed E-state index contributed by atoms with van der Waals surface area (Å²) in [5, 5.41) is 6.19.